The van der Waals surface area contributed by atoms with Crippen molar-refractivity contribution in [1.29, 1.82) is 0 Å². The van der Waals surface area contributed by atoms with E-state index in [0.717, 1.165) is 11.1 Å². The smallest absolute Gasteiger partial charge is 0.319 e. The lowest BCUT2D eigenvalue weighted by Gasteiger charge is -2.24. The Morgan fingerprint density at radius 1 is 1.16 bits per heavy atom. The second-order valence-corrected chi connectivity index (χ2v) is 7.54. The molecule has 0 spiro atoms. The summed E-state index contributed by atoms with van der Waals surface area (Å²) < 4.78 is 5.64. The van der Waals surface area contributed by atoms with Gasteiger partial charge in [-0.15, -0.1) is 0 Å². The molecule has 0 aliphatic carbocycles. The van der Waals surface area contributed by atoms with Crippen LogP contribution in [0.15, 0.2) is 42.5 Å². The number of aryl methyl sites for hydroxylation is 1. The maximum absolute atomic E-state index is 12.7. The Hall–Kier alpha value is -2.62. The fourth-order valence-corrected chi connectivity index (χ4v) is 3.03. The average Bonchev–Trinajstić information content (AvgIpc) is 2.54. The highest BCUT2D eigenvalue weighted by Crippen LogP contribution is 2.34. The third kappa shape index (κ3) is 3.58. The molecule has 1 heterocycles. The highest BCUT2D eigenvalue weighted by molar-refractivity contribution is 6.00. The molecule has 1 aliphatic rings. The van der Waals surface area contributed by atoms with Gasteiger partial charge < -0.3 is 10.1 Å². The van der Waals surface area contributed by atoms with Crippen LogP contribution in [0.4, 0.5) is 5.69 Å². The Morgan fingerprint density at radius 3 is 2.56 bits per heavy atom. The van der Waals surface area contributed by atoms with Gasteiger partial charge >= 0.3 is 5.97 Å². The topological polar surface area (TPSA) is 55.4 Å². The number of para-hydroxylation sites is 1. The summed E-state index contributed by atoms with van der Waals surface area (Å²) in [6.07, 6.45) is 0.106. The SMILES string of the molecule is Cc1cc(C(C)(C)C)ccc1OC(=O)C1CC(=O)Nc2ccccc21. The lowest BCUT2D eigenvalue weighted by molar-refractivity contribution is -0.138. The van der Waals surface area contributed by atoms with Crippen molar-refractivity contribution in [2.45, 2.75) is 45.4 Å². The molecule has 2 aromatic carbocycles. The van der Waals surface area contributed by atoms with Gasteiger partial charge in [-0.05, 0) is 41.2 Å². The van der Waals surface area contributed by atoms with Gasteiger partial charge in [-0.3, -0.25) is 9.59 Å². The third-order valence-corrected chi connectivity index (χ3v) is 4.54. The van der Waals surface area contributed by atoms with E-state index in [1.54, 1.807) is 6.07 Å². The molecule has 1 unspecified atom stereocenters. The molecule has 4 heteroatoms. The minimum atomic E-state index is -0.577. The van der Waals surface area contributed by atoms with Gasteiger partial charge in [0.05, 0.1) is 5.92 Å². The number of benzene rings is 2. The molecule has 3 rings (SSSR count). The number of amides is 1. The zero-order chi connectivity index (χ0) is 18.2. The first-order valence-corrected chi connectivity index (χ1v) is 8.47. The molecule has 0 aromatic heterocycles. The predicted molar refractivity (Wildman–Crippen MR) is 97.9 cm³/mol. The van der Waals surface area contributed by atoms with Crippen LogP contribution in [0.2, 0.25) is 0 Å². The molecule has 0 saturated heterocycles. The zero-order valence-corrected chi connectivity index (χ0v) is 15.1. The number of rotatable bonds is 2. The minimum Gasteiger partial charge on any atom is -0.426 e. The van der Waals surface area contributed by atoms with E-state index in [4.69, 9.17) is 4.74 Å². The van der Waals surface area contributed by atoms with Crippen LogP contribution in [0, 0.1) is 6.92 Å². The van der Waals surface area contributed by atoms with Crippen LogP contribution < -0.4 is 10.1 Å². The highest BCUT2D eigenvalue weighted by atomic mass is 16.5. The summed E-state index contributed by atoms with van der Waals surface area (Å²) in [6, 6.07) is 13.2. The lowest BCUT2D eigenvalue weighted by Crippen LogP contribution is -2.29. The quantitative estimate of drug-likeness (QED) is 0.656. The fourth-order valence-electron chi connectivity index (χ4n) is 3.03. The van der Waals surface area contributed by atoms with Gasteiger partial charge in [0.25, 0.3) is 0 Å². The van der Waals surface area contributed by atoms with Gasteiger partial charge in [0.15, 0.2) is 0 Å². The maximum Gasteiger partial charge on any atom is 0.319 e. The van der Waals surface area contributed by atoms with E-state index < -0.39 is 11.9 Å². The molecule has 1 amide bonds. The molecule has 1 aliphatic heterocycles. The Morgan fingerprint density at radius 2 is 1.88 bits per heavy atom. The van der Waals surface area contributed by atoms with Crippen LogP contribution in [0.3, 0.4) is 0 Å². The number of carbonyl (C=O) groups is 2. The Kier molecular flexibility index (Phi) is 4.38. The number of carbonyl (C=O) groups excluding carboxylic acids is 2. The summed E-state index contributed by atoms with van der Waals surface area (Å²) in [5, 5.41) is 2.80. The maximum atomic E-state index is 12.7. The standard InChI is InChI=1S/C21H23NO3/c1-13-11-14(21(2,3)4)9-10-18(13)25-20(24)16-12-19(23)22-17-8-6-5-7-15(16)17/h5-11,16H,12H2,1-4H3,(H,22,23). The van der Waals surface area contributed by atoms with Crippen molar-refractivity contribution < 1.29 is 14.3 Å². The Bertz CT molecular complexity index is 833. The zero-order valence-electron chi connectivity index (χ0n) is 15.1. The third-order valence-electron chi connectivity index (χ3n) is 4.54. The van der Waals surface area contributed by atoms with Crippen molar-refractivity contribution in [3.63, 3.8) is 0 Å². The number of esters is 1. The first-order valence-electron chi connectivity index (χ1n) is 8.47. The number of ether oxygens (including phenoxy) is 1. The number of hydrogen-bond donors (Lipinski definition) is 1. The lowest BCUT2D eigenvalue weighted by atomic mass is 9.86. The fraction of sp³-hybridized carbons (Fsp3) is 0.333. The van der Waals surface area contributed by atoms with E-state index in [0.29, 0.717) is 11.4 Å². The first kappa shape index (κ1) is 17.2. The monoisotopic (exact) mass is 337 g/mol. The average molecular weight is 337 g/mol. The van der Waals surface area contributed by atoms with Gasteiger partial charge in [0.2, 0.25) is 5.91 Å². The van der Waals surface area contributed by atoms with Crippen molar-refractivity contribution in [2.75, 3.05) is 5.32 Å². The van der Waals surface area contributed by atoms with Crippen molar-refractivity contribution >= 4 is 17.6 Å². The van der Waals surface area contributed by atoms with Crippen molar-refractivity contribution in [3.05, 3.63) is 59.2 Å². The minimum absolute atomic E-state index is 0.0354. The van der Waals surface area contributed by atoms with Crippen LogP contribution in [0.5, 0.6) is 5.75 Å². The number of hydrogen-bond acceptors (Lipinski definition) is 3. The second kappa shape index (κ2) is 6.36. The van der Waals surface area contributed by atoms with Gasteiger partial charge in [-0.1, -0.05) is 51.1 Å². The number of anilines is 1. The Balaban J connectivity index is 1.85. The van der Waals surface area contributed by atoms with E-state index in [1.807, 2.05) is 43.3 Å². The predicted octanol–water partition coefficient (Wildman–Crippen LogP) is 4.32. The van der Waals surface area contributed by atoms with Crippen LogP contribution in [-0.4, -0.2) is 11.9 Å². The van der Waals surface area contributed by atoms with Crippen LogP contribution in [-0.2, 0) is 15.0 Å². The summed E-state index contributed by atoms with van der Waals surface area (Å²) in [5.41, 5.74) is 3.62. The molecular formula is C21H23NO3. The van der Waals surface area contributed by atoms with Gasteiger partial charge in [-0.2, -0.15) is 0 Å². The van der Waals surface area contributed by atoms with E-state index >= 15 is 0 Å². The summed E-state index contributed by atoms with van der Waals surface area (Å²) >= 11 is 0. The van der Waals surface area contributed by atoms with Gasteiger partial charge in [-0.25, -0.2) is 0 Å². The number of nitrogens with one attached hydrogen (secondary N) is 1. The molecule has 0 saturated carbocycles. The van der Waals surface area contributed by atoms with Gasteiger partial charge in [0, 0.05) is 12.1 Å². The molecule has 130 valence electrons. The molecule has 4 nitrogen and oxygen atoms in total. The van der Waals surface area contributed by atoms with Crippen molar-refractivity contribution in [3.8, 4) is 5.75 Å². The molecule has 25 heavy (non-hydrogen) atoms. The van der Waals surface area contributed by atoms with Crippen LogP contribution in [0.1, 0.15) is 49.8 Å². The first-order chi connectivity index (χ1) is 11.8. The summed E-state index contributed by atoms with van der Waals surface area (Å²) in [7, 11) is 0. The van der Waals surface area contributed by atoms with E-state index in [1.165, 1.54) is 5.56 Å². The molecule has 0 fully saturated rings. The molecule has 0 radical (unpaired) electrons. The van der Waals surface area contributed by atoms with Crippen LogP contribution >= 0.6 is 0 Å². The molecule has 2 aromatic rings. The summed E-state index contributed by atoms with van der Waals surface area (Å²) in [5.74, 6) is -0.595. The Labute approximate surface area is 148 Å². The van der Waals surface area contributed by atoms with Gasteiger partial charge in [0.1, 0.15) is 5.75 Å². The normalized spacial score (nSPS) is 16.8. The number of fused-ring (bicyclic) bond motifs is 1. The molecule has 1 N–H and O–H groups in total. The molecule has 0 bridgehead atoms. The summed E-state index contributed by atoms with van der Waals surface area (Å²) in [4.78, 5) is 24.6. The molecule has 1 atom stereocenters. The van der Waals surface area contributed by atoms with E-state index in [9.17, 15) is 9.59 Å². The van der Waals surface area contributed by atoms with E-state index in [2.05, 4.69) is 26.1 Å². The molecular weight excluding hydrogens is 314 g/mol. The van der Waals surface area contributed by atoms with E-state index in [-0.39, 0.29) is 17.7 Å². The summed E-state index contributed by atoms with van der Waals surface area (Å²) in [6.45, 7) is 8.36. The highest BCUT2D eigenvalue weighted by Gasteiger charge is 2.32. The van der Waals surface area contributed by atoms with Crippen LogP contribution in [0.25, 0.3) is 0 Å². The van der Waals surface area contributed by atoms with Crippen molar-refractivity contribution in [2.24, 2.45) is 0 Å². The second-order valence-electron chi connectivity index (χ2n) is 7.54. The largest absolute Gasteiger partial charge is 0.426 e. The van der Waals surface area contributed by atoms with Crippen molar-refractivity contribution in [1.82, 2.24) is 0 Å².